The SMILES string of the molecule is O=C(CC[C@H]1CCCN(C(=O)CN2CCCC2=O)C1)NCc1ccc(F)c(F)c1. The number of carbonyl (C=O) groups is 3. The predicted octanol–water partition coefficient (Wildman–Crippen LogP) is 2.22. The fraction of sp³-hybridized carbons (Fsp3) is 0.571. The zero-order valence-corrected chi connectivity index (χ0v) is 16.5. The Morgan fingerprint density at radius 2 is 1.97 bits per heavy atom. The molecule has 3 amide bonds. The van der Waals surface area contributed by atoms with Gasteiger partial charge in [-0.2, -0.15) is 0 Å². The van der Waals surface area contributed by atoms with Crippen LogP contribution in [0.3, 0.4) is 0 Å². The third kappa shape index (κ3) is 5.98. The molecule has 1 aromatic carbocycles. The molecule has 0 unspecified atom stereocenters. The number of nitrogens with one attached hydrogen (secondary N) is 1. The molecule has 0 aromatic heterocycles. The zero-order valence-electron chi connectivity index (χ0n) is 16.5. The number of hydrogen-bond acceptors (Lipinski definition) is 3. The van der Waals surface area contributed by atoms with Crippen molar-refractivity contribution >= 4 is 17.7 Å². The van der Waals surface area contributed by atoms with E-state index in [2.05, 4.69) is 5.32 Å². The summed E-state index contributed by atoms with van der Waals surface area (Å²) in [5.74, 6) is -1.72. The van der Waals surface area contributed by atoms with Crippen LogP contribution < -0.4 is 5.32 Å². The van der Waals surface area contributed by atoms with Gasteiger partial charge in [0, 0.05) is 39.0 Å². The topological polar surface area (TPSA) is 69.7 Å². The number of nitrogens with zero attached hydrogens (tertiary/aromatic N) is 2. The van der Waals surface area contributed by atoms with Crippen LogP contribution in [0.25, 0.3) is 0 Å². The Bertz CT molecular complexity index is 772. The second-order valence-electron chi connectivity index (χ2n) is 7.83. The third-order valence-electron chi connectivity index (χ3n) is 5.62. The molecular formula is C21H27F2N3O3. The minimum Gasteiger partial charge on any atom is -0.352 e. The van der Waals surface area contributed by atoms with Crippen LogP contribution in [-0.4, -0.2) is 53.7 Å². The van der Waals surface area contributed by atoms with Gasteiger partial charge in [0.25, 0.3) is 0 Å². The molecule has 8 heteroatoms. The Hall–Kier alpha value is -2.51. The van der Waals surface area contributed by atoms with Gasteiger partial charge in [-0.1, -0.05) is 6.07 Å². The van der Waals surface area contributed by atoms with E-state index in [1.54, 1.807) is 9.80 Å². The molecule has 0 aliphatic carbocycles. The first-order valence-electron chi connectivity index (χ1n) is 10.2. The summed E-state index contributed by atoms with van der Waals surface area (Å²) in [6.07, 6.45) is 4.17. The highest BCUT2D eigenvalue weighted by Crippen LogP contribution is 2.22. The van der Waals surface area contributed by atoms with Gasteiger partial charge in [-0.15, -0.1) is 0 Å². The third-order valence-corrected chi connectivity index (χ3v) is 5.62. The Kier molecular flexibility index (Phi) is 7.17. The number of hydrogen-bond donors (Lipinski definition) is 1. The number of carbonyl (C=O) groups excluding carboxylic acids is 3. The van der Waals surface area contributed by atoms with Crippen LogP contribution in [-0.2, 0) is 20.9 Å². The van der Waals surface area contributed by atoms with Gasteiger partial charge < -0.3 is 15.1 Å². The number of rotatable bonds is 7. The monoisotopic (exact) mass is 407 g/mol. The van der Waals surface area contributed by atoms with E-state index in [-0.39, 0.29) is 36.7 Å². The van der Waals surface area contributed by atoms with Crippen molar-refractivity contribution in [3.63, 3.8) is 0 Å². The van der Waals surface area contributed by atoms with Crippen molar-refractivity contribution in [2.75, 3.05) is 26.2 Å². The number of halogens is 2. The molecule has 1 aromatic rings. The summed E-state index contributed by atoms with van der Waals surface area (Å²) in [5.41, 5.74) is 0.503. The van der Waals surface area contributed by atoms with E-state index in [9.17, 15) is 23.2 Å². The summed E-state index contributed by atoms with van der Waals surface area (Å²) in [5, 5.41) is 2.72. The van der Waals surface area contributed by atoms with Gasteiger partial charge >= 0.3 is 0 Å². The zero-order chi connectivity index (χ0) is 20.8. The lowest BCUT2D eigenvalue weighted by Crippen LogP contribution is -2.45. The smallest absolute Gasteiger partial charge is 0.242 e. The molecule has 158 valence electrons. The molecule has 2 heterocycles. The Morgan fingerprint density at radius 1 is 1.14 bits per heavy atom. The number of amides is 3. The van der Waals surface area contributed by atoms with Crippen LogP contribution in [0.5, 0.6) is 0 Å². The van der Waals surface area contributed by atoms with Crippen molar-refractivity contribution in [3.8, 4) is 0 Å². The van der Waals surface area contributed by atoms with Crippen LogP contribution in [0.15, 0.2) is 18.2 Å². The Balaban J connectivity index is 1.39. The lowest BCUT2D eigenvalue weighted by Gasteiger charge is -2.33. The lowest BCUT2D eigenvalue weighted by atomic mass is 9.93. The molecule has 1 atom stereocenters. The second kappa shape index (κ2) is 9.80. The summed E-state index contributed by atoms with van der Waals surface area (Å²) < 4.78 is 26.1. The van der Waals surface area contributed by atoms with Gasteiger partial charge in [-0.3, -0.25) is 14.4 Å². The molecule has 29 heavy (non-hydrogen) atoms. The highest BCUT2D eigenvalue weighted by molar-refractivity contribution is 5.86. The van der Waals surface area contributed by atoms with Crippen LogP contribution in [0, 0.1) is 17.6 Å². The Morgan fingerprint density at radius 3 is 2.69 bits per heavy atom. The maximum atomic E-state index is 13.2. The van der Waals surface area contributed by atoms with Crippen molar-refractivity contribution < 1.29 is 23.2 Å². The van der Waals surface area contributed by atoms with Crippen LogP contribution in [0.4, 0.5) is 8.78 Å². The summed E-state index contributed by atoms with van der Waals surface area (Å²) >= 11 is 0. The van der Waals surface area contributed by atoms with E-state index in [4.69, 9.17) is 0 Å². The van der Waals surface area contributed by atoms with Gasteiger partial charge in [-0.25, -0.2) is 8.78 Å². The van der Waals surface area contributed by atoms with Crippen LogP contribution >= 0.6 is 0 Å². The molecule has 0 saturated carbocycles. The molecule has 2 aliphatic rings. The summed E-state index contributed by atoms with van der Waals surface area (Å²) in [7, 11) is 0. The fourth-order valence-corrected chi connectivity index (χ4v) is 3.94. The quantitative estimate of drug-likeness (QED) is 0.754. The normalized spacial score (nSPS) is 19.5. The molecule has 0 bridgehead atoms. The van der Waals surface area contributed by atoms with Gasteiger partial charge in [0.1, 0.15) is 0 Å². The molecule has 6 nitrogen and oxygen atoms in total. The average molecular weight is 407 g/mol. The standard InChI is InChI=1S/C21H27F2N3O3/c22-17-7-5-16(11-18(17)23)12-24-19(27)8-6-15-3-1-9-25(13-15)21(29)14-26-10-2-4-20(26)28/h5,7,11,15H,1-4,6,8-10,12-14H2,(H,24,27)/t15-/m1/s1. The molecule has 0 radical (unpaired) electrons. The number of likely N-dealkylation sites (tertiary alicyclic amines) is 2. The van der Waals surface area contributed by atoms with E-state index < -0.39 is 11.6 Å². The largest absolute Gasteiger partial charge is 0.352 e. The molecule has 2 fully saturated rings. The van der Waals surface area contributed by atoms with Gasteiger partial charge in [0.15, 0.2) is 11.6 Å². The molecule has 0 spiro atoms. The maximum Gasteiger partial charge on any atom is 0.242 e. The lowest BCUT2D eigenvalue weighted by molar-refractivity contribution is -0.139. The summed E-state index contributed by atoms with van der Waals surface area (Å²) in [6.45, 7) is 2.26. The second-order valence-corrected chi connectivity index (χ2v) is 7.83. The summed E-state index contributed by atoms with van der Waals surface area (Å²) in [6, 6.07) is 3.56. The van der Waals surface area contributed by atoms with Crippen LogP contribution in [0.2, 0.25) is 0 Å². The first kappa shape index (κ1) is 21.2. The highest BCUT2D eigenvalue weighted by Gasteiger charge is 2.28. The van der Waals surface area contributed by atoms with E-state index in [1.807, 2.05) is 0 Å². The van der Waals surface area contributed by atoms with E-state index in [0.717, 1.165) is 31.4 Å². The Labute approximate surface area is 169 Å². The van der Waals surface area contributed by atoms with Crippen molar-refractivity contribution in [2.24, 2.45) is 5.92 Å². The first-order chi connectivity index (χ1) is 13.9. The van der Waals surface area contributed by atoms with E-state index >= 15 is 0 Å². The molecule has 1 N–H and O–H groups in total. The predicted molar refractivity (Wildman–Crippen MR) is 103 cm³/mol. The van der Waals surface area contributed by atoms with Gasteiger partial charge in [0.05, 0.1) is 6.54 Å². The molecule has 3 rings (SSSR count). The van der Waals surface area contributed by atoms with Crippen molar-refractivity contribution in [1.82, 2.24) is 15.1 Å². The molecule has 2 saturated heterocycles. The minimum atomic E-state index is -0.931. The van der Waals surface area contributed by atoms with Gasteiger partial charge in [0.2, 0.25) is 17.7 Å². The van der Waals surface area contributed by atoms with Gasteiger partial charge in [-0.05, 0) is 49.3 Å². The highest BCUT2D eigenvalue weighted by atomic mass is 19.2. The number of benzene rings is 1. The van der Waals surface area contributed by atoms with Crippen molar-refractivity contribution in [2.45, 2.75) is 45.1 Å². The minimum absolute atomic E-state index is 0.0206. The van der Waals surface area contributed by atoms with Crippen LogP contribution in [0.1, 0.15) is 44.1 Å². The average Bonchev–Trinajstić information content (AvgIpc) is 3.12. The van der Waals surface area contributed by atoms with Crippen molar-refractivity contribution in [1.29, 1.82) is 0 Å². The molecule has 2 aliphatic heterocycles. The van der Waals surface area contributed by atoms with Crippen molar-refractivity contribution in [3.05, 3.63) is 35.4 Å². The number of piperidine rings is 1. The first-order valence-corrected chi connectivity index (χ1v) is 10.2. The van der Waals surface area contributed by atoms with E-state index in [0.29, 0.717) is 44.5 Å². The fourth-order valence-electron chi connectivity index (χ4n) is 3.94. The maximum absolute atomic E-state index is 13.2. The van der Waals surface area contributed by atoms with E-state index in [1.165, 1.54) is 6.07 Å². The summed E-state index contributed by atoms with van der Waals surface area (Å²) in [4.78, 5) is 39.7. The molecular weight excluding hydrogens is 380 g/mol.